The molecule has 0 unspecified atom stereocenters. The van der Waals surface area contributed by atoms with Gasteiger partial charge in [0.2, 0.25) is 0 Å². The summed E-state index contributed by atoms with van der Waals surface area (Å²) < 4.78 is 26.4. The third-order valence-electron chi connectivity index (χ3n) is 5.69. The molecule has 0 bridgehead atoms. The summed E-state index contributed by atoms with van der Waals surface area (Å²) in [5.74, 6) is 0.565. The molecule has 1 aliphatic heterocycles. The van der Waals surface area contributed by atoms with Crippen molar-refractivity contribution in [1.82, 2.24) is 9.88 Å². The second-order valence-corrected chi connectivity index (χ2v) is 8.59. The van der Waals surface area contributed by atoms with Crippen molar-refractivity contribution in [3.63, 3.8) is 0 Å². The van der Waals surface area contributed by atoms with Crippen LogP contribution in [0.4, 0.5) is 4.39 Å². The Balaban J connectivity index is 1.37. The number of methoxy groups -OCH3 is 1. The molecule has 1 saturated heterocycles. The van der Waals surface area contributed by atoms with Gasteiger partial charge in [-0.2, -0.15) is 0 Å². The number of thiophene rings is 1. The lowest BCUT2D eigenvalue weighted by atomic mass is 9.96. The summed E-state index contributed by atoms with van der Waals surface area (Å²) in [4.78, 5) is 20.3. The van der Waals surface area contributed by atoms with Crippen LogP contribution < -0.4 is 0 Å². The van der Waals surface area contributed by atoms with Crippen LogP contribution in [0.15, 0.2) is 46.9 Å². The zero-order valence-corrected chi connectivity index (χ0v) is 17.4. The largest absolute Gasteiger partial charge is 0.440 e. The zero-order valence-electron chi connectivity index (χ0n) is 16.6. The Morgan fingerprint density at radius 3 is 2.80 bits per heavy atom. The number of rotatable bonds is 4. The molecule has 1 aliphatic rings. The molecule has 1 amide bonds. The number of hydrogen-bond donors (Lipinski definition) is 0. The molecule has 3 heterocycles. The number of benzene rings is 2. The highest BCUT2D eigenvalue weighted by Gasteiger charge is 2.30. The predicted octanol–water partition coefficient (Wildman–Crippen LogP) is 5.35. The van der Waals surface area contributed by atoms with Crippen molar-refractivity contribution in [2.75, 3.05) is 20.2 Å². The summed E-state index contributed by atoms with van der Waals surface area (Å²) in [6.07, 6.45) is 1.58. The molecule has 0 N–H and O–H groups in total. The van der Waals surface area contributed by atoms with Crippen LogP contribution >= 0.6 is 11.3 Å². The van der Waals surface area contributed by atoms with Crippen LogP contribution in [0.1, 0.15) is 39.9 Å². The lowest BCUT2D eigenvalue weighted by Crippen LogP contribution is -2.38. The molecular weight excluding hydrogens is 403 g/mol. The van der Waals surface area contributed by atoms with E-state index in [1.165, 1.54) is 17.4 Å². The van der Waals surface area contributed by atoms with Gasteiger partial charge in [-0.05, 0) is 37.1 Å². The van der Waals surface area contributed by atoms with Crippen molar-refractivity contribution in [3.05, 3.63) is 64.6 Å². The first-order chi connectivity index (χ1) is 14.7. The van der Waals surface area contributed by atoms with E-state index >= 15 is 0 Å². The molecule has 7 heteroatoms. The van der Waals surface area contributed by atoms with Gasteiger partial charge in [-0.3, -0.25) is 4.79 Å². The average molecular weight is 424 g/mol. The maximum Gasteiger partial charge on any atom is 0.264 e. The highest BCUT2D eigenvalue weighted by Crippen LogP contribution is 2.36. The van der Waals surface area contributed by atoms with E-state index in [4.69, 9.17) is 9.15 Å². The second kappa shape index (κ2) is 7.81. The lowest BCUT2D eigenvalue weighted by molar-refractivity contribution is 0.0707. The standard InChI is InChI=1S/C23H21FN2O3S/c1-28-13-15-20-16(24)5-4-8-19(20)30-21(15)23(27)26-11-9-14(10-12-26)22-25-17-6-2-3-7-18(17)29-22/h2-8,14H,9-13H2,1H3. The molecular formula is C23H21FN2O3S. The molecule has 154 valence electrons. The molecule has 5 rings (SSSR count). The topological polar surface area (TPSA) is 55.6 Å². The fourth-order valence-electron chi connectivity index (χ4n) is 4.16. The van der Waals surface area contributed by atoms with Crippen LogP contribution in [-0.4, -0.2) is 36.0 Å². The Labute approximate surface area is 177 Å². The molecule has 0 spiro atoms. The van der Waals surface area contributed by atoms with E-state index in [1.54, 1.807) is 13.2 Å². The summed E-state index contributed by atoms with van der Waals surface area (Å²) in [7, 11) is 1.56. The van der Waals surface area contributed by atoms with Gasteiger partial charge in [0.25, 0.3) is 5.91 Å². The number of fused-ring (bicyclic) bond motifs is 2. The van der Waals surface area contributed by atoms with Crippen LogP contribution in [0.3, 0.4) is 0 Å². The number of hydrogen-bond acceptors (Lipinski definition) is 5. The summed E-state index contributed by atoms with van der Waals surface area (Å²) in [5.41, 5.74) is 2.30. The van der Waals surface area contributed by atoms with Gasteiger partial charge in [-0.1, -0.05) is 18.2 Å². The Morgan fingerprint density at radius 2 is 2.03 bits per heavy atom. The minimum atomic E-state index is -0.315. The number of nitrogens with zero attached hydrogens (tertiary/aromatic N) is 2. The third-order valence-corrected chi connectivity index (χ3v) is 6.87. The van der Waals surface area contributed by atoms with E-state index in [2.05, 4.69) is 4.98 Å². The lowest BCUT2D eigenvalue weighted by Gasteiger charge is -2.30. The van der Waals surface area contributed by atoms with E-state index in [0.29, 0.717) is 28.9 Å². The van der Waals surface area contributed by atoms with Gasteiger partial charge in [-0.15, -0.1) is 11.3 Å². The van der Waals surface area contributed by atoms with E-state index < -0.39 is 0 Å². The number of aromatic nitrogens is 1. The number of oxazole rings is 1. The van der Waals surface area contributed by atoms with Crippen molar-refractivity contribution < 1.29 is 18.3 Å². The van der Waals surface area contributed by atoms with Gasteiger partial charge >= 0.3 is 0 Å². The molecule has 2 aromatic carbocycles. The highest BCUT2D eigenvalue weighted by atomic mass is 32.1. The molecule has 0 radical (unpaired) electrons. The number of carbonyl (C=O) groups excluding carboxylic acids is 1. The quantitative estimate of drug-likeness (QED) is 0.443. The van der Waals surface area contributed by atoms with Crippen LogP contribution in [-0.2, 0) is 11.3 Å². The third kappa shape index (κ3) is 3.28. The Hall–Kier alpha value is -2.77. The smallest absolute Gasteiger partial charge is 0.264 e. The van der Waals surface area contributed by atoms with E-state index in [0.717, 1.165) is 34.5 Å². The fraction of sp³-hybridized carbons (Fsp3) is 0.304. The highest BCUT2D eigenvalue weighted by molar-refractivity contribution is 7.21. The fourth-order valence-corrected chi connectivity index (χ4v) is 5.35. The van der Waals surface area contributed by atoms with Crippen molar-refractivity contribution in [3.8, 4) is 0 Å². The van der Waals surface area contributed by atoms with E-state index in [-0.39, 0.29) is 24.2 Å². The maximum atomic E-state index is 14.4. The van der Waals surface area contributed by atoms with Crippen molar-refractivity contribution >= 4 is 38.4 Å². The predicted molar refractivity (Wildman–Crippen MR) is 114 cm³/mol. The molecule has 1 fully saturated rings. The van der Waals surface area contributed by atoms with Crippen molar-refractivity contribution in [1.29, 1.82) is 0 Å². The van der Waals surface area contributed by atoms with E-state index in [1.807, 2.05) is 35.2 Å². The van der Waals surface area contributed by atoms with Gasteiger partial charge in [0.05, 0.1) is 11.5 Å². The monoisotopic (exact) mass is 424 g/mol. The molecule has 2 aromatic heterocycles. The molecule has 5 nitrogen and oxygen atoms in total. The normalized spacial score (nSPS) is 15.3. The Morgan fingerprint density at radius 1 is 1.23 bits per heavy atom. The Kier molecular flexibility index (Phi) is 5.00. The molecule has 30 heavy (non-hydrogen) atoms. The van der Waals surface area contributed by atoms with Gasteiger partial charge in [0.1, 0.15) is 11.3 Å². The molecule has 0 aliphatic carbocycles. The van der Waals surface area contributed by atoms with Gasteiger partial charge < -0.3 is 14.1 Å². The molecule has 0 saturated carbocycles. The first kappa shape index (κ1) is 19.2. The first-order valence-corrected chi connectivity index (χ1v) is 10.8. The Bertz CT molecular complexity index is 1190. The minimum Gasteiger partial charge on any atom is -0.440 e. The van der Waals surface area contributed by atoms with Crippen LogP contribution in [0.25, 0.3) is 21.2 Å². The minimum absolute atomic E-state index is 0.0568. The van der Waals surface area contributed by atoms with E-state index in [9.17, 15) is 9.18 Å². The number of likely N-dealkylation sites (tertiary alicyclic amines) is 1. The SMILES string of the molecule is COCc1c(C(=O)N2CCC(c3nc4ccccc4o3)CC2)sc2cccc(F)c12. The average Bonchev–Trinajstić information content (AvgIpc) is 3.36. The second-order valence-electron chi connectivity index (χ2n) is 7.54. The number of piperidine rings is 1. The van der Waals surface area contributed by atoms with Crippen LogP contribution in [0, 0.1) is 5.82 Å². The maximum absolute atomic E-state index is 14.4. The number of amides is 1. The van der Waals surface area contributed by atoms with Crippen molar-refractivity contribution in [2.24, 2.45) is 0 Å². The summed E-state index contributed by atoms with van der Waals surface area (Å²) >= 11 is 1.34. The summed E-state index contributed by atoms with van der Waals surface area (Å²) in [6.45, 7) is 1.44. The number of halogens is 1. The van der Waals surface area contributed by atoms with Gasteiger partial charge in [0, 0.05) is 41.8 Å². The summed E-state index contributed by atoms with van der Waals surface area (Å²) in [6, 6.07) is 12.7. The van der Waals surface area contributed by atoms with Gasteiger partial charge in [-0.25, -0.2) is 9.37 Å². The number of carbonyl (C=O) groups is 1. The molecule has 4 aromatic rings. The zero-order chi connectivity index (χ0) is 20.7. The number of ether oxygens (including phenoxy) is 1. The van der Waals surface area contributed by atoms with Crippen molar-refractivity contribution in [2.45, 2.75) is 25.4 Å². The summed E-state index contributed by atoms with van der Waals surface area (Å²) in [5, 5.41) is 0.495. The number of para-hydroxylation sites is 2. The van der Waals surface area contributed by atoms with Crippen LogP contribution in [0.2, 0.25) is 0 Å². The van der Waals surface area contributed by atoms with Gasteiger partial charge in [0.15, 0.2) is 11.5 Å². The molecule has 0 atom stereocenters. The van der Waals surface area contributed by atoms with Crippen LogP contribution in [0.5, 0.6) is 0 Å². The first-order valence-electron chi connectivity index (χ1n) is 9.99.